The van der Waals surface area contributed by atoms with E-state index in [2.05, 4.69) is 30.1 Å². The summed E-state index contributed by atoms with van der Waals surface area (Å²) < 4.78 is 13.7. The van der Waals surface area contributed by atoms with Crippen LogP contribution in [0.15, 0.2) is 48.0 Å². The van der Waals surface area contributed by atoms with Gasteiger partial charge in [-0.2, -0.15) is 0 Å². The van der Waals surface area contributed by atoms with E-state index in [1.54, 1.807) is 17.0 Å². The minimum Gasteiger partial charge on any atom is -0.362 e. The van der Waals surface area contributed by atoms with Gasteiger partial charge in [-0.25, -0.2) is 4.39 Å². The maximum atomic E-state index is 14.1. The Morgan fingerprint density at radius 2 is 1.67 bits per heavy atom. The van der Waals surface area contributed by atoms with Gasteiger partial charge in [0, 0.05) is 55.0 Å². The van der Waals surface area contributed by atoms with E-state index < -0.39 is 11.9 Å². The Hall–Kier alpha value is -4.01. The number of amides is 4. The number of anilines is 1. The van der Waals surface area contributed by atoms with Crippen molar-refractivity contribution >= 4 is 34.9 Å². The van der Waals surface area contributed by atoms with Gasteiger partial charge in [0.15, 0.2) is 0 Å². The van der Waals surface area contributed by atoms with Crippen molar-refractivity contribution in [3.63, 3.8) is 0 Å². The zero-order chi connectivity index (χ0) is 30.0. The second-order valence-electron chi connectivity index (χ2n) is 13.5. The molecule has 224 valence electrons. The van der Waals surface area contributed by atoms with Crippen LogP contribution in [0.4, 0.5) is 10.1 Å². The highest BCUT2D eigenvalue weighted by Crippen LogP contribution is 2.44. The fourth-order valence-electron chi connectivity index (χ4n) is 7.85. The Morgan fingerprint density at radius 3 is 2.37 bits per heavy atom. The van der Waals surface area contributed by atoms with E-state index in [1.165, 1.54) is 12.1 Å². The molecule has 2 aromatic rings. The Bertz CT molecular complexity index is 1550. The van der Waals surface area contributed by atoms with Crippen LogP contribution in [0.2, 0.25) is 0 Å². The molecule has 4 aliphatic heterocycles. The quantitative estimate of drug-likeness (QED) is 0.538. The molecule has 3 saturated heterocycles. The third-order valence-electron chi connectivity index (χ3n) is 10.1. The lowest BCUT2D eigenvalue weighted by Crippen LogP contribution is -2.56. The smallest absolute Gasteiger partial charge is 0.255 e. The zero-order valence-electron chi connectivity index (χ0n) is 24.7. The summed E-state index contributed by atoms with van der Waals surface area (Å²) in [6.45, 7) is 6.07. The third kappa shape index (κ3) is 4.92. The van der Waals surface area contributed by atoms with Crippen molar-refractivity contribution in [1.82, 2.24) is 15.1 Å². The van der Waals surface area contributed by atoms with Crippen LogP contribution in [0.1, 0.15) is 80.3 Å². The Kier molecular flexibility index (Phi) is 6.67. The highest BCUT2D eigenvalue weighted by atomic mass is 19.1. The van der Waals surface area contributed by atoms with Gasteiger partial charge < -0.3 is 14.7 Å². The van der Waals surface area contributed by atoms with Crippen LogP contribution < -0.4 is 10.2 Å². The Morgan fingerprint density at radius 1 is 0.953 bits per heavy atom. The number of rotatable bonds is 4. The van der Waals surface area contributed by atoms with Crippen LogP contribution in [0.3, 0.4) is 0 Å². The van der Waals surface area contributed by atoms with Gasteiger partial charge in [-0.15, -0.1) is 0 Å². The molecule has 43 heavy (non-hydrogen) atoms. The van der Waals surface area contributed by atoms with Crippen LogP contribution in [-0.4, -0.2) is 64.6 Å². The van der Waals surface area contributed by atoms with E-state index in [1.807, 2.05) is 17.0 Å². The van der Waals surface area contributed by atoms with Crippen LogP contribution in [0, 0.1) is 11.2 Å². The number of nitrogens with zero attached hydrogens (tertiary/aromatic N) is 3. The maximum Gasteiger partial charge on any atom is 0.255 e. The summed E-state index contributed by atoms with van der Waals surface area (Å²) in [5, 5.41) is 2.36. The molecule has 1 N–H and O–H groups in total. The summed E-state index contributed by atoms with van der Waals surface area (Å²) in [5.74, 6) is -1.05. The summed E-state index contributed by atoms with van der Waals surface area (Å²) in [6.07, 6.45) is 5.00. The summed E-state index contributed by atoms with van der Waals surface area (Å²) in [7, 11) is 0. The molecule has 7 rings (SSSR count). The molecule has 0 spiro atoms. The van der Waals surface area contributed by atoms with Crippen molar-refractivity contribution in [3.05, 3.63) is 70.5 Å². The zero-order valence-corrected chi connectivity index (χ0v) is 24.7. The summed E-state index contributed by atoms with van der Waals surface area (Å²) in [6, 6.07) is 12.2. The van der Waals surface area contributed by atoms with Crippen LogP contribution in [-0.2, 0) is 20.9 Å². The molecule has 2 bridgehead atoms. The van der Waals surface area contributed by atoms with Crippen molar-refractivity contribution in [1.29, 1.82) is 0 Å². The summed E-state index contributed by atoms with van der Waals surface area (Å²) >= 11 is 0. The number of piperidine rings is 1. The number of hydrogen-bond acceptors (Lipinski definition) is 5. The van der Waals surface area contributed by atoms with E-state index in [0.717, 1.165) is 60.1 Å². The average molecular weight is 585 g/mol. The number of imide groups is 1. The minimum absolute atomic E-state index is 0.0773. The van der Waals surface area contributed by atoms with Gasteiger partial charge in [-0.3, -0.25) is 24.5 Å². The summed E-state index contributed by atoms with van der Waals surface area (Å²) in [4.78, 5) is 57.4. The predicted molar refractivity (Wildman–Crippen MR) is 159 cm³/mol. The van der Waals surface area contributed by atoms with Crippen molar-refractivity contribution in [2.45, 2.75) is 83.5 Å². The number of carbonyl (C=O) groups excluding carboxylic acids is 4. The number of halogens is 1. The number of likely N-dealkylation sites (tertiary alicyclic amines) is 1. The number of benzene rings is 2. The summed E-state index contributed by atoms with van der Waals surface area (Å²) in [5.41, 5.74) is 5.45. The first-order chi connectivity index (χ1) is 20.6. The molecule has 4 amide bonds. The Balaban J connectivity index is 1.10. The second kappa shape index (κ2) is 10.3. The third-order valence-corrected chi connectivity index (χ3v) is 10.1. The van der Waals surface area contributed by atoms with Gasteiger partial charge >= 0.3 is 0 Å². The van der Waals surface area contributed by atoms with E-state index >= 15 is 0 Å². The topological polar surface area (TPSA) is 90.0 Å². The molecule has 1 aliphatic carbocycles. The monoisotopic (exact) mass is 584 g/mol. The molecule has 3 atom stereocenters. The average Bonchev–Trinajstić information content (AvgIpc) is 3.44. The first kappa shape index (κ1) is 27.8. The van der Waals surface area contributed by atoms with Crippen LogP contribution >= 0.6 is 0 Å². The number of fused-ring (bicyclic) bond motifs is 3. The van der Waals surface area contributed by atoms with Gasteiger partial charge in [-0.05, 0) is 91.0 Å². The van der Waals surface area contributed by atoms with Crippen LogP contribution in [0.5, 0.6) is 0 Å². The molecule has 3 unspecified atom stereocenters. The molecule has 3 fully saturated rings. The molecule has 5 aliphatic rings. The first-order valence-electron chi connectivity index (χ1n) is 15.4. The lowest BCUT2D eigenvalue weighted by molar-refractivity contribution is -0.137. The SMILES string of the molecule is CC1(C)CCC(C(=O)N2CC3CCC(C2)N3c2ccc3c(c2)CN(C2CCC(=O)NC2=O)C3=O)=C(c2ccc(F)cc2)C1. The van der Waals surface area contributed by atoms with Gasteiger partial charge in [0.2, 0.25) is 17.7 Å². The van der Waals surface area contributed by atoms with Gasteiger partial charge in [0.1, 0.15) is 11.9 Å². The highest BCUT2D eigenvalue weighted by molar-refractivity contribution is 6.05. The van der Waals surface area contributed by atoms with Crippen molar-refractivity contribution in [2.24, 2.45) is 5.41 Å². The van der Waals surface area contributed by atoms with E-state index in [9.17, 15) is 23.6 Å². The fraction of sp³-hybridized carbons (Fsp3) is 0.471. The number of carbonyl (C=O) groups is 4. The molecule has 0 radical (unpaired) electrons. The van der Waals surface area contributed by atoms with E-state index in [4.69, 9.17) is 0 Å². The van der Waals surface area contributed by atoms with Crippen molar-refractivity contribution < 1.29 is 23.6 Å². The molecule has 4 heterocycles. The number of piperazine rings is 1. The van der Waals surface area contributed by atoms with Crippen molar-refractivity contribution in [3.8, 4) is 0 Å². The van der Waals surface area contributed by atoms with Gasteiger partial charge in [-0.1, -0.05) is 26.0 Å². The lowest BCUT2D eigenvalue weighted by Gasteiger charge is -2.43. The standard InChI is InChI=1S/C34H37FN4O4/c1-34(2)14-13-27(28(16-34)20-3-5-22(35)6-4-20)32(42)37-18-24-7-8-25(19-37)39(24)23-9-10-26-21(15-23)17-38(33(26)43)29-11-12-30(40)36-31(29)41/h3-6,9-10,15,24-25,29H,7-8,11-14,16-19H2,1-2H3,(H,36,40,41). The van der Waals surface area contributed by atoms with E-state index in [-0.39, 0.29) is 47.5 Å². The Labute approximate surface area is 250 Å². The fourth-order valence-corrected chi connectivity index (χ4v) is 7.85. The minimum atomic E-state index is -0.633. The molecule has 9 heteroatoms. The molecule has 2 aromatic carbocycles. The maximum absolute atomic E-state index is 14.1. The molecule has 8 nitrogen and oxygen atoms in total. The lowest BCUT2D eigenvalue weighted by atomic mass is 9.72. The molecular formula is C34H37FN4O4. The normalized spacial score (nSPS) is 26.6. The molecule has 0 saturated carbocycles. The molecule has 0 aromatic heterocycles. The number of hydrogen-bond donors (Lipinski definition) is 1. The molecular weight excluding hydrogens is 547 g/mol. The largest absolute Gasteiger partial charge is 0.362 e. The first-order valence-corrected chi connectivity index (χ1v) is 15.4. The second-order valence-corrected chi connectivity index (χ2v) is 13.5. The van der Waals surface area contributed by atoms with E-state index in [0.29, 0.717) is 31.6 Å². The number of allylic oxidation sites excluding steroid dienone is 1. The van der Waals surface area contributed by atoms with Crippen molar-refractivity contribution in [2.75, 3.05) is 18.0 Å². The number of nitrogens with one attached hydrogen (secondary N) is 1. The highest BCUT2D eigenvalue weighted by Gasteiger charge is 2.44. The van der Waals surface area contributed by atoms with Gasteiger partial charge in [0.05, 0.1) is 0 Å². The van der Waals surface area contributed by atoms with Crippen LogP contribution in [0.25, 0.3) is 5.57 Å². The predicted octanol–water partition coefficient (Wildman–Crippen LogP) is 4.43. The van der Waals surface area contributed by atoms with Gasteiger partial charge in [0.25, 0.3) is 5.91 Å².